The number of anilines is 1. The summed E-state index contributed by atoms with van der Waals surface area (Å²) in [5.41, 5.74) is 0.134. The lowest BCUT2D eigenvalue weighted by molar-refractivity contribution is -0.131. The first kappa shape index (κ1) is 14.9. The van der Waals surface area contributed by atoms with Gasteiger partial charge in [-0.1, -0.05) is 0 Å². The molecule has 108 valence electrons. The second-order valence-electron chi connectivity index (χ2n) is 3.96. The molecule has 2 rings (SSSR count). The van der Waals surface area contributed by atoms with Crippen LogP contribution in [0, 0.1) is 11.6 Å². The van der Waals surface area contributed by atoms with Gasteiger partial charge in [-0.25, -0.2) is 13.6 Å². The Morgan fingerprint density at radius 2 is 1.90 bits per heavy atom. The molecule has 0 bridgehead atoms. The van der Waals surface area contributed by atoms with Gasteiger partial charge in [-0.05, 0) is 30.3 Å². The van der Waals surface area contributed by atoms with Crippen molar-refractivity contribution < 1.29 is 23.5 Å². The Hall–Kier alpha value is -2.54. The van der Waals surface area contributed by atoms with E-state index in [2.05, 4.69) is 5.32 Å². The van der Waals surface area contributed by atoms with Gasteiger partial charge in [0.15, 0.2) is 11.6 Å². The van der Waals surface area contributed by atoms with E-state index in [-0.39, 0.29) is 5.69 Å². The highest BCUT2D eigenvalue weighted by Crippen LogP contribution is 2.20. The van der Waals surface area contributed by atoms with Crippen molar-refractivity contribution in [3.63, 3.8) is 0 Å². The topological polar surface area (TPSA) is 66.4 Å². The third-order valence-electron chi connectivity index (χ3n) is 2.42. The van der Waals surface area contributed by atoms with Crippen LogP contribution in [0.4, 0.5) is 14.5 Å². The maximum atomic E-state index is 13.0. The number of benzene rings is 1. The molecule has 0 fully saturated rings. The van der Waals surface area contributed by atoms with E-state index < -0.39 is 23.5 Å². The van der Waals surface area contributed by atoms with Crippen molar-refractivity contribution in [3.8, 4) is 0 Å². The molecule has 4 nitrogen and oxygen atoms in total. The van der Waals surface area contributed by atoms with Gasteiger partial charge in [0.05, 0.1) is 4.88 Å². The lowest BCUT2D eigenvalue weighted by Gasteiger charge is -2.03. The number of halogens is 2. The lowest BCUT2D eigenvalue weighted by Crippen LogP contribution is -2.10. The fraction of sp³-hybridized carbons (Fsp3) is 0. The Kier molecular flexibility index (Phi) is 4.44. The standard InChI is InChI=1S/C14H9F2NO3S/c15-10-4-1-8(7-11(10)16)17-14(20)12-5-2-9(21-12)3-6-13(18)19/h1-7H,(H,17,20)(H,18,19). The summed E-state index contributed by atoms with van der Waals surface area (Å²) in [6, 6.07) is 6.15. The van der Waals surface area contributed by atoms with Crippen molar-refractivity contribution in [1.82, 2.24) is 0 Å². The number of carbonyl (C=O) groups is 2. The van der Waals surface area contributed by atoms with Gasteiger partial charge in [-0.2, -0.15) is 0 Å². The molecule has 0 saturated carbocycles. The number of hydrogen-bond acceptors (Lipinski definition) is 3. The van der Waals surface area contributed by atoms with Crippen LogP contribution >= 0.6 is 11.3 Å². The van der Waals surface area contributed by atoms with Crippen molar-refractivity contribution in [3.05, 3.63) is 57.8 Å². The normalized spacial score (nSPS) is 10.8. The summed E-state index contributed by atoms with van der Waals surface area (Å²) < 4.78 is 25.8. The quantitative estimate of drug-likeness (QED) is 0.851. The van der Waals surface area contributed by atoms with E-state index in [1.54, 1.807) is 6.07 Å². The summed E-state index contributed by atoms with van der Waals surface area (Å²) in [7, 11) is 0. The second kappa shape index (κ2) is 6.27. The molecule has 0 unspecified atom stereocenters. The van der Waals surface area contributed by atoms with Gasteiger partial charge < -0.3 is 10.4 Å². The van der Waals surface area contributed by atoms with E-state index >= 15 is 0 Å². The highest BCUT2D eigenvalue weighted by Gasteiger charge is 2.10. The van der Waals surface area contributed by atoms with E-state index in [1.807, 2.05) is 0 Å². The molecule has 0 aliphatic rings. The summed E-state index contributed by atoms with van der Waals surface area (Å²) in [5.74, 6) is -3.62. The summed E-state index contributed by atoms with van der Waals surface area (Å²) in [4.78, 5) is 23.2. The number of carboxylic acid groups (broad SMARTS) is 1. The van der Waals surface area contributed by atoms with Crippen molar-refractivity contribution >= 4 is 35.0 Å². The third-order valence-corrected chi connectivity index (χ3v) is 3.47. The molecule has 0 aliphatic heterocycles. The molecule has 2 N–H and O–H groups in total. The van der Waals surface area contributed by atoms with Gasteiger partial charge in [0.25, 0.3) is 5.91 Å². The highest BCUT2D eigenvalue weighted by atomic mass is 32.1. The van der Waals surface area contributed by atoms with E-state index in [0.717, 1.165) is 29.5 Å². The first-order valence-electron chi connectivity index (χ1n) is 5.73. The minimum absolute atomic E-state index is 0.134. The van der Waals surface area contributed by atoms with Gasteiger partial charge in [-0.3, -0.25) is 4.79 Å². The minimum atomic E-state index is -1.09. The average molecular weight is 309 g/mol. The number of carbonyl (C=O) groups excluding carboxylic acids is 1. The van der Waals surface area contributed by atoms with E-state index in [9.17, 15) is 18.4 Å². The Labute approximate surface area is 122 Å². The van der Waals surface area contributed by atoms with Gasteiger partial charge in [0.1, 0.15) is 0 Å². The zero-order valence-electron chi connectivity index (χ0n) is 10.5. The first-order valence-corrected chi connectivity index (χ1v) is 6.54. The van der Waals surface area contributed by atoms with Crippen LogP contribution in [0.25, 0.3) is 6.08 Å². The van der Waals surface area contributed by atoms with Crippen LogP contribution in [0.15, 0.2) is 36.4 Å². The zero-order valence-corrected chi connectivity index (χ0v) is 11.3. The van der Waals surface area contributed by atoms with Crippen LogP contribution < -0.4 is 5.32 Å². The van der Waals surface area contributed by atoms with Crippen molar-refractivity contribution in [2.75, 3.05) is 5.32 Å². The molecule has 2 aromatic rings. The van der Waals surface area contributed by atoms with E-state index in [4.69, 9.17) is 5.11 Å². The minimum Gasteiger partial charge on any atom is -0.478 e. The van der Waals surface area contributed by atoms with E-state index in [1.165, 1.54) is 18.2 Å². The largest absolute Gasteiger partial charge is 0.478 e. The van der Waals surface area contributed by atoms with Crippen molar-refractivity contribution in [1.29, 1.82) is 0 Å². The number of aliphatic carboxylic acids is 1. The molecule has 1 heterocycles. The molecular weight excluding hydrogens is 300 g/mol. The number of thiophene rings is 1. The fourth-order valence-corrected chi connectivity index (χ4v) is 2.29. The number of hydrogen-bond donors (Lipinski definition) is 2. The average Bonchev–Trinajstić information content (AvgIpc) is 2.89. The molecule has 1 amide bonds. The summed E-state index contributed by atoms with van der Waals surface area (Å²) in [6.45, 7) is 0. The number of carboxylic acids is 1. The van der Waals surface area contributed by atoms with Crippen LogP contribution in [0.5, 0.6) is 0 Å². The van der Waals surface area contributed by atoms with E-state index in [0.29, 0.717) is 9.75 Å². The Balaban J connectivity index is 2.10. The molecule has 7 heteroatoms. The number of rotatable bonds is 4. The molecule has 0 spiro atoms. The Morgan fingerprint density at radius 1 is 1.14 bits per heavy atom. The maximum absolute atomic E-state index is 13.0. The molecule has 0 aliphatic carbocycles. The molecule has 1 aromatic carbocycles. The van der Waals surface area contributed by atoms with Crippen LogP contribution in [-0.2, 0) is 4.79 Å². The number of nitrogens with one attached hydrogen (secondary N) is 1. The monoisotopic (exact) mass is 309 g/mol. The fourth-order valence-electron chi connectivity index (χ4n) is 1.48. The lowest BCUT2D eigenvalue weighted by atomic mass is 10.3. The molecule has 0 saturated heterocycles. The summed E-state index contributed by atoms with van der Waals surface area (Å²) in [5, 5.41) is 10.9. The number of amides is 1. The first-order chi connectivity index (χ1) is 9.95. The SMILES string of the molecule is O=C(O)C=Cc1ccc(C(=O)Nc2ccc(F)c(F)c2)s1. The van der Waals surface area contributed by atoms with Gasteiger partial charge in [0, 0.05) is 22.7 Å². The molecular formula is C14H9F2NO3S. The van der Waals surface area contributed by atoms with Crippen LogP contribution in [0.2, 0.25) is 0 Å². The van der Waals surface area contributed by atoms with Crippen molar-refractivity contribution in [2.45, 2.75) is 0 Å². The molecule has 1 aromatic heterocycles. The molecule has 21 heavy (non-hydrogen) atoms. The smallest absolute Gasteiger partial charge is 0.328 e. The summed E-state index contributed by atoms with van der Waals surface area (Å²) in [6.07, 6.45) is 2.32. The molecule has 0 radical (unpaired) electrons. The Bertz CT molecular complexity index is 725. The Morgan fingerprint density at radius 3 is 2.57 bits per heavy atom. The molecule has 0 atom stereocenters. The van der Waals surface area contributed by atoms with Crippen LogP contribution in [0.1, 0.15) is 14.5 Å². The zero-order chi connectivity index (χ0) is 15.4. The second-order valence-corrected chi connectivity index (χ2v) is 5.07. The summed E-state index contributed by atoms with van der Waals surface area (Å²) >= 11 is 1.08. The van der Waals surface area contributed by atoms with Crippen LogP contribution in [-0.4, -0.2) is 17.0 Å². The predicted octanol–water partition coefficient (Wildman–Crippen LogP) is 3.38. The van der Waals surface area contributed by atoms with Gasteiger partial charge in [-0.15, -0.1) is 11.3 Å². The van der Waals surface area contributed by atoms with Gasteiger partial charge >= 0.3 is 5.97 Å². The van der Waals surface area contributed by atoms with Crippen LogP contribution in [0.3, 0.4) is 0 Å². The predicted molar refractivity (Wildman–Crippen MR) is 75.3 cm³/mol. The third kappa shape index (κ3) is 3.96. The highest BCUT2D eigenvalue weighted by molar-refractivity contribution is 7.15. The van der Waals surface area contributed by atoms with Gasteiger partial charge in [0.2, 0.25) is 0 Å². The van der Waals surface area contributed by atoms with Crippen molar-refractivity contribution in [2.24, 2.45) is 0 Å². The maximum Gasteiger partial charge on any atom is 0.328 e.